The van der Waals surface area contributed by atoms with Crippen molar-refractivity contribution in [2.45, 2.75) is 232 Å². The average Bonchev–Trinajstić information content (AvgIpc) is 3.32. The molecule has 0 fully saturated rings. The molecule has 5 heteroatoms. The Labute approximate surface area is 407 Å². The summed E-state index contributed by atoms with van der Waals surface area (Å²) in [7, 11) is 0. The van der Waals surface area contributed by atoms with Gasteiger partial charge in [-0.3, -0.25) is 9.59 Å². The van der Waals surface area contributed by atoms with E-state index in [4.69, 9.17) is 14.2 Å². The minimum absolute atomic E-state index is 0.0329. The predicted molar refractivity (Wildman–Crippen MR) is 288 cm³/mol. The van der Waals surface area contributed by atoms with Crippen molar-refractivity contribution in [1.82, 2.24) is 0 Å². The summed E-state index contributed by atoms with van der Waals surface area (Å²) < 4.78 is 17.3. The summed E-state index contributed by atoms with van der Waals surface area (Å²) in [6.45, 7) is 7.44. The van der Waals surface area contributed by atoms with Gasteiger partial charge in [-0.05, 0) is 103 Å². The van der Waals surface area contributed by atoms with Crippen molar-refractivity contribution >= 4 is 11.9 Å². The van der Waals surface area contributed by atoms with E-state index in [0.717, 1.165) is 116 Å². The van der Waals surface area contributed by atoms with Gasteiger partial charge in [0.05, 0.1) is 6.61 Å². The highest BCUT2D eigenvalue weighted by Gasteiger charge is 2.17. The molecule has 0 aromatic carbocycles. The van der Waals surface area contributed by atoms with Crippen molar-refractivity contribution in [3.8, 4) is 0 Å². The topological polar surface area (TPSA) is 61.8 Å². The lowest BCUT2D eigenvalue weighted by Crippen LogP contribution is -2.30. The van der Waals surface area contributed by atoms with E-state index in [1.807, 2.05) is 0 Å². The lowest BCUT2D eigenvalue weighted by molar-refractivity contribution is -0.163. The van der Waals surface area contributed by atoms with Gasteiger partial charge in [0.15, 0.2) is 6.10 Å². The fourth-order valence-electron chi connectivity index (χ4n) is 7.04. The molecule has 0 radical (unpaired) electrons. The zero-order valence-electron chi connectivity index (χ0n) is 42.9. The Bertz CT molecular complexity index is 1350. The van der Waals surface area contributed by atoms with E-state index < -0.39 is 6.10 Å². The maximum absolute atomic E-state index is 12.8. The first-order valence-electron chi connectivity index (χ1n) is 27.1. The number of carbonyl (C=O) groups excluding carboxylic acids is 2. The van der Waals surface area contributed by atoms with Crippen LogP contribution < -0.4 is 0 Å². The van der Waals surface area contributed by atoms with Crippen LogP contribution in [0, 0.1) is 0 Å². The molecular weight excluding hydrogens is 813 g/mol. The Hall–Kier alpha value is -3.70. The molecule has 1 unspecified atom stereocenters. The number of rotatable bonds is 48. The molecule has 5 nitrogen and oxygen atoms in total. The molecular formula is C61H100O5. The Balaban J connectivity index is 4.46. The van der Waals surface area contributed by atoms with Gasteiger partial charge in [-0.25, -0.2) is 0 Å². The van der Waals surface area contributed by atoms with Crippen LogP contribution in [-0.2, 0) is 23.8 Å². The molecule has 0 aliphatic rings. The zero-order valence-corrected chi connectivity index (χ0v) is 42.9. The van der Waals surface area contributed by atoms with Crippen molar-refractivity contribution in [3.63, 3.8) is 0 Å². The maximum atomic E-state index is 12.8. The molecule has 0 saturated carbocycles. The largest absolute Gasteiger partial charge is 0.462 e. The highest BCUT2D eigenvalue weighted by Crippen LogP contribution is 2.14. The molecule has 0 rings (SSSR count). The third-order valence-electron chi connectivity index (χ3n) is 11.0. The third-order valence-corrected chi connectivity index (χ3v) is 11.0. The molecule has 0 N–H and O–H groups in total. The summed E-state index contributed by atoms with van der Waals surface area (Å²) in [5.74, 6) is -0.492. The van der Waals surface area contributed by atoms with Gasteiger partial charge in [0.1, 0.15) is 6.61 Å². The first-order valence-corrected chi connectivity index (χ1v) is 27.1. The van der Waals surface area contributed by atoms with Crippen LogP contribution in [-0.4, -0.2) is 37.9 Å². The van der Waals surface area contributed by atoms with E-state index in [1.54, 1.807) is 0 Å². The average molecular weight is 913 g/mol. The quantitative estimate of drug-likeness (QED) is 0.0346. The maximum Gasteiger partial charge on any atom is 0.306 e. The molecule has 0 aromatic rings. The Kier molecular flexibility index (Phi) is 52.5. The molecule has 0 amide bonds. The molecule has 374 valence electrons. The van der Waals surface area contributed by atoms with Gasteiger partial charge in [-0.15, -0.1) is 0 Å². The number of ether oxygens (including phenoxy) is 3. The van der Waals surface area contributed by atoms with E-state index in [1.165, 1.54) is 77.0 Å². The lowest BCUT2D eigenvalue weighted by Gasteiger charge is -2.18. The number of allylic oxidation sites excluding steroid dienone is 20. The van der Waals surface area contributed by atoms with Gasteiger partial charge in [0, 0.05) is 19.4 Å². The Morgan fingerprint density at radius 2 is 0.697 bits per heavy atom. The summed E-state index contributed by atoms with van der Waals surface area (Å²) >= 11 is 0. The van der Waals surface area contributed by atoms with Gasteiger partial charge in [0.25, 0.3) is 0 Å². The molecule has 66 heavy (non-hydrogen) atoms. The third kappa shape index (κ3) is 52.9. The van der Waals surface area contributed by atoms with E-state index in [-0.39, 0.29) is 25.2 Å². The van der Waals surface area contributed by atoms with Crippen LogP contribution in [0.3, 0.4) is 0 Å². The second-order valence-electron chi connectivity index (χ2n) is 17.4. The number of esters is 2. The fraction of sp³-hybridized carbons (Fsp3) is 0.639. The summed E-state index contributed by atoms with van der Waals surface area (Å²) in [5, 5.41) is 0. The first kappa shape index (κ1) is 62.3. The van der Waals surface area contributed by atoms with Crippen molar-refractivity contribution in [3.05, 3.63) is 122 Å². The molecule has 0 bridgehead atoms. The second kappa shape index (κ2) is 55.6. The van der Waals surface area contributed by atoms with E-state index in [9.17, 15) is 9.59 Å². The first-order chi connectivity index (χ1) is 32.6. The van der Waals surface area contributed by atoms with Gasteiger partial charge < -0.3 is 14.2 Å². The Morgan fingerprint density at radius 3 is 1.11 bits per heavy atom. The number of hydrogen-bond donors (Lipinski definition) is 0. The molecule has 0 saturated heterocycles. The predicted octanol–water partition coefficient (Wildman–Crippen LogP) is 18.6. The van der Waals surface area contributed by atoms with Crippen molar-refractivity contribution < 1.29 is 23.8 Å². The highest BCUT2D eigenvalue weighted by atomic mass is 16.6. The number of carbonyl (C=O) groups is 2. The van der Waals surface area contributed by atoms with Crippen LogP contribution in [0.4, 0.5) is 0 Å². The van der Waals surface area contributed by atoms with Crippen LogP contribution in [0.25, 0.3) is 0 Å². The standard InChI is InChI=1S/C61H100O5/c1-4-7-10-13-16-19-22-25-28-30-32-35-38-41-44-47-50-53-56-64-57-59(66-61(63)55-52-49-46-43-40-37-33-27-24-21-18-15-12-9-6-3)58-65-60(62)54-51-48-45-42-39-36-34-31-29-26-23-20-17-14-11-8-5-2/h7-8,10-11,16-17,19-20,25-26,28-29,32,34-36,41-42,44-45,59H,4-6,9,12-15,18,21-24,27,30-31,33,37-40,43,46-58H2,1-3H3/b10-7-,11-8-,19-16-,20-17-,28-25-,29-26-,35-32-,36-34-,44-41-,45-42-. The lowest BCUT2D eigenvalue weighted by atomic mass is 10.0. The minimum Gasteiger partial charge on any atom is -0.462 e. The van der Waals surface area contributed by atoms with Crippen molar-refractivity contribution in [2.75, 3.05) is 19.8 Å². The SMILES string of the molecule is CC/C=C\C/C=C\C/C=C\C/C=C\C/C=C\CCCCOCC(COC(=O)CCC/C=C\C/C=C\C/C=C\C/C=C\C/C=C\CC)OC(=O)CCCCCCCCCCCCCCCCC. The van der Waals surface area contributed by atoms with E-state index in [2.05, 4.69) is 142 Å². The monoisotopic (exact) mass is 913 g/mol. The van der Waals surface area contributed by atoms with Gasteiger partial charge >= 0.3 is 11.9 Å². The van der Waals surface area contributed by atoms with Crippen LogP contribution >= 0.6 is 0 Å². The normalized spacial score (nSPS) is 13.2. The zero-order chi connectivity index (χ0) is 47.7. The van der Waals surface area contributed by atoms with Gasteiger partial charge in [-0.1, -0.05) is 232 Å². The van der Waals surface area contributed by atoms with Crippen LogP contribution in [0.2, 0.25) is 0 Å². The molecule has 1 atom stereocenters. The second-order valence-corrected chi connectivity index (χ2v) is 17.4. The van der Waals surface area contributed by atoms with E-state index >= 15 is 0 Å². The fourth-order valence-corrected chi connectivity index (χ4v) is 7.04. The molecule has 0 aliphatic carbocycles. The Morgan fingerprint density at radius 1 is 0.348 bits per heavy atom. The van der Waals surface area contributed by atoms with Crippen LogP contribution in [0.5, 0.6) is 0 Å². The van der Waals surface area contributed by atoms with Crippen molar-refractivity contribution in [2.24, 2.45) is 0 Å². The van der Waals surface area contributed by atoms with Crippen LogP contribution in [0.1, 0.15) is 226 Å². The molecule has 0 aliphatic heterocycles. The molecule has 0 heterocycles. The minimum atomic E-state index is -0.588. The summed E-state index contributed by atoms with van der Waals surface area (Å²) in [4.78, 5) is 25.4. The van der Waals surface area contributed by atoms with E-state index in [0.29, 0.717) is 19.4 Å². The van der Waals surface area contributed by atoms with Crippen molar-refractivity contribution in [1.29, 1.82) is 0 Å². The summed E-state index contributed by atoms with van der Waals surface area (Å²) in [5.41, 5.74) is 0. The summed E-state index contributed by atoms with van der Waals surface area (Å²) in [6.07, 6.45) is 77.9. The molecule has 0 aromatic heterocycles. The molecule has 0 spiro atoms. The number of hydrogen-bond acceptors (Lipinski definition) is 5. The number of unbranched alkanes of at least 4 members (excludes halogenated alkanes) is 17. The van der Waals surface area contributed by atoms with Crippen LogP contribution in [0.15, 0.2) is 122 Å². The van der Waals surface area contributed by atoms with Gasteiger partial charge in [-0.2, -0.15) is 0 Å². The summed E-state index contributed by atoms with van der Waals surface area (Å²) in [6, 6.07) is 0. The smallest absolute Gasteiger partial charge is 0.306 e. The van der Waals surface area contributed by atoms with Gasteiger partial charge in [0.2, 0.25) is 0 Å². The highest BCUT2D eigenvalue weighted by molar-refractivity contribution is 5.70.